The number of nitrogens with one attached hydrogen (secondary N) is 1. The van der Waals surface area contributed by atoms with Gasteiger partial charge in [-0.15, -0.1) is 0 Å². The first-order valence-electron chi connectivity index (χ1n) is 6.02. The molecule has 20 heavy (non-hydrogen) atoms. The lowest BCUT2D eigenvalue weighted by atomic mass is 10.2. The summed E-state index contributed by atoms with van der Waals surface area (Å²) in [5.74, 6) is 0.281. The monoisotopic (exact) mass is 267 g/mol. The summed E-state index contributed by atoms with van der Waals surface area (Å²) in [6, 6.07) is 10.4. The second-order valence-electron chi connectivity index (χ2n) is 4.22. The number of hydrogen-bond acceptors (Lipinski definition) is 4. The van der Waals surface area contributed by atoms with Gasteiger partial charge < -0.3 is 10.1 Å². The predicted octanol–water partition coefficient (Wildman–Crippen LogP) is 2.28. The van der Waals surface area contributed by atoms with E-state index in [0.717, 1.165) is 5.56 Å². The maximum absolute atomic E-state index is 11.7. The number of hydrogen-bond donors (Lipinski definition) is 1. The standard InChI is InChI=1S/C15H13N3O2/c1-11-6-13(9-17-8-11)18-15(19)10-20-14-4-2-12(7-16)3-5-14/h2-6,8-9H,10H2,1H3,(H,18,19). The third-order valence-electron chi connectivity index (χ3n) is 2.51. The second-order valence-corrected chi connectivity index (χ2v) is 4.22. The van der Waals surface area contributed by atoms with E-state index < -0.39 is 0 Å². The van der Waals surface area contributed by atoms with Gasteiger partial charge in [0.05, 0.1) is 23.5 Å². The van der Waals surface area contributed by atoms with Gasteiger partial charge in [-0.3, -0.25) is 9.78 Å². The highest BCUT2D eigenvalue weighted by Crippen LogP contribution is 2.12. The van der Waals surface area contributed by atoms with Crippen LogP contribution in [0.4, 0.5) is 5.69 Å². The summed E-state index contributed by atoms with van der Waals surface area (Å²) in [6.07, 6.45) is 3.29. The molecule has 5 heteroatoms. The fraction of sp³-hybridized carbons (Fsp3) is 0.133. The minimum Gasteiger partial charge on any atom is -0.484 e. The predicted molar refractivity (Wildman–Crippen MR) is 74.3 cm³/mol. The largest absolute Gasteiger partial charge is 0.484 e. The van der Waals surface area contributed by atoms with Gasteiger partial charge in [0, 0.05) is 6.20 Å². The van der Waals surface area contributed by atoms with Crippen LogP contribution in [0.25, 0.3) is 0 Å². The SMILES string of the molecule is Cc1cncc(NC(=O)COc2ccc(C#N)cc2)c1. The van der Waals surface area contributed by atoms with Crippen LogP contribution in [0.2, 0.25) is 0 Å². The van der Waals surface area contributed by atoms with E-state index >= 15 is 0 Å². The van der Waals surface area contributed by atoms with Crippen LogP contribution < -0.4 is 10.1 Å². The molecule has 0 saturated heterocycles. The van der Waals surface area contributed by atoms with Gasteiger partial charge in [0.2, 0.25) is 0 Å². The Morgan fingerprint density at radius 2 is 2.10 bits per heavy atom. The Hall–Kier alpha value is -2.87. The van der Waals surface area contributed by atoms with Gasteiger partial charge in [0.25, 0.3) is 5.91 Å². The normalized spacial score (nSPS) is 9.60. The summed E-state index contributed by atoms with van der Waals surface area (Å²) in [7, 11) is 0. The Kier molecular flexibility index (Phi) is 4.30. The van der Waals surface area contributed by atoms with Crippen molar-refractivity contribution in [3.63, 3.8) is 0 Å². The number of pyridine rings is 1. The smallest absolute Gasteiger partial charge is 0.262 e. The highest BCUT2D eigenvalue weighted by Gasteiger charge is 2.04. The van der Waals surface area contributed by atoms with Crippen molar-refractivity contribution in [3.8, 4) is 11.8 Å². The van der Waals surface area contributed by atoms with Crippen molar-refractivity contribution < 1.29 is 9.53 Å². The van der Waals surface area contributed by atoms with Crippen molar-refractivity contribution in [3.05, 3.63) is 53.9 Å². The molecule has 0 unspecified atom stereocenters. The van der Waals surface area contributed by atoms with Gasteiger partial charge in [-0.25, -0.2) is 0 Å². The molecule has 0 atom stereocenters. The number of carbonyl (C=O) groups excluding carboxylic acids is 1. The molecule has 0 fully saturated rings. The molecule has 100 valence electrons. The Bertz CT molecular complexity index is 645. The van der Waals surface area contributed by atoms with Gasteiger partial charge in [0.15, 0.2) is 6.61 Å². The molecule has 0 aliphatic carbocycles. The zero-order chi connectivity index (χ0) is 14.4. The van der Waals surface area contributed by atoms with Crippen LogP contribution in [0.1, 0.15) is 11.1 Å². The summed E-state index contributed by atoms with van der Waals surface area (Å²) >= 11 is 0. The molecule has 5 nitrogen and oxygen atoms in total. The number of amides is 1. The zero-order valence-corrected chi connectivity index (χ0v) is 11.0. The van der Waals surface area contributed by atoms with Gasteiger partial charge in [-0.2, -0.15) is 5.26 Å². The minimum atomic E-state index is -0.262. The van der Waals surface area contributed by atoms with Crippen molar-refractivity contribution in [2.75, 3.05) is 11.9 Å². The quantitative estimate of drug-likeness (QED) is 0.922. The van der Waals surface area contributed by atoms with Crippen LogP contribution in [0.15, 0.2) is 42.7 Å². The average Bonchev–Trinajstić information content (AvgIpc) is 2.46. The van der Waals surface area contributed by atoms with E-state index in [-0.39, 0.29) is 12.5 Å². The van der Waals surface area contributed by atoms with Gasteiger partial charge in [-0.1, -0.05) is 0 Å². The summed E-state index contributed by atoms with van der Waals surface area (Å²) in [5, 5.41) is 11.4. The third kappa shape index (κ3) is 3.82. The molecule has 1 N–H and O–H groups in total. The molecule has 1 amide bonds. The molecule has 0 bridgehead atoms. The molecule has 2 aromatic rings. The highest BCUT2D eigenvalue weighted by atomic mass is 16.5. The molecule has 0 aliphatic heterocycles. The second kappa shape index (κ2) is 6.34. The Morgan fingerprint density at radius 1 is 1.35 bits per heavy atom. The first-order chi connectivity index (χ1) is 9.67. The lowest BCUT2D eigenvalue weighted by Gasteiger charge is -2.07. The van der Waals surface area contributed by atoms with Gasteiger partial charge in [-0.05, 0) is 42.8 Å². The Labute approximate surface area is 116 Å². The van der Waals surface area contributed by atoms with Crippen molar-refractivity contribution in [2.24, 2.45) is 0 Å². The van der Waals surface area contributed by atoms with Crippen LogP contribution in [-0.4, -0.2) is 17.5 Å². The number of anilines is 1. The van der Waals surface area contributed by atoms with E-state index in [9.17, 15) is 4.79 Å². The first-order valence-corrected chi connectivity index (χ1v) is 6.02. The van der Waals surface area contributed by atoms with Crippen LogP contribution in [0, 0.1) is 18.3 Å². The topological polar surface area (TPSA) is 75.0 Å². The molecule has 1 aromatic carbocycles. The number of rotatable bonds is 4. The summed E-state index contributed by atoms with van der Waals surface area (Å²) in [4.78, 5) is 15.7. The number of benzene rings is 1. The van der Waals surface area contributed by atoms with E-state index in [0.29, 0.717) is 17.0 Å². The van der Waals surface area contributed by atoms with E-state index in [1.54, 1.807) is 36.7 Å². The Morgan fingerprint density at radius 3 is 2.75 bits per heavy atom. The molecule has 0 saturated carbocycles. The van der Waals surface area contributed by atoms with Crippen molar-refractivity contribution in [2.45, 2.75) is 6.92 Å². The lowest BCUT2D eigenvalue weighted by molar-refractivity contribution is -0.118. The molecule has 1 aromatic heterocycles. The molecule has 1 heterocycles. The Balaban J connectivity index is 1.87. The number of nitrogens with zero attached hydrogens (tertiary/aromatic N) is 2. The van der Waals surface area contributed by atoms with Crippen LogP contribution in [0.3, 0.4) is 0 Å². The lowest BCUT2D eigenvalue weighted by Crippen LogP contribution is -2.20. The van der Waals surface area contributed by atoms with E-state index in [1.807, 2.05) is 19.1 Å². The molecule has 0 spiro atoms. The van der Waals surface area contributed by atoms with Crippen molar-refractivity contribution >= 4 is 11.6 Å². The van der Waals surface area contributed by atoms with Gasteiger partial charge in [0.1, 0.15) is 5.75 Å². The summed E-state index contributed by atoms with van der Waals surface area (Å²) in [5.41, 5.74) is 2.15. The molecule has 0 aliphatic rings. The molecular weight excluding hydrogens is 254 g/mol. The minimum absolute atomic E-state index is 0.0974. The third-order valence-corrected chi connectivity index (χ3v) is 2.51. The summed E-state index contributed by atoms with van der Waals surface area (Å²) < 4.78 is 5.33. The molecule has 2 rings (SSSR count). The fourth-order valence-corrected chi connectivity index (χ4v) is 1.59. The maximum Gasteiger partial charge on any atom is 0.262 e. The fourth-order valence-electron chi connectivity index (χ4n) is 1.59. The van der Waals surface area contributed by atoms with E-state index in [4.69, 9.17) is 10.00 Å². The van der Waals surface area contributed by atoms with E-state index in [1.165, 1.54) is 0 Å². The van der Waals surface area contributed by atoms with E-state index in [2.05, 4.69) is 10.3 Å². The summed E-state index contributed by atoms with van der Waals surface area (Å²) in [6.45, 7) is 1.80. The van der Waals surface area contributed by atoms with Crippen LogP contribution >= 0.6 is 0 Å². The number of nitriles is 1. The first kappa shape index (κ1) is 13.6. The van der Waals surface area contributed by atoms with Gasteiger partial charge >= 0.3 is 0 Å². The average molecular weight is 267 g/mol. The van der Waals surface area contributed by atoms with Crippen LogP contribution in [-0.2, 0) is 4.79 Å². The molecule has 0 radical (unpaired) electrons. The maximum atomic E-state index is 11.7. The highest BCUT2D eigenvalue weighted by molar-refractivity contribution is 5.91. The van der Waals surface area contributed by atoms with Crippen molar-refractivity contribution in [1.29, 1.82) is 5.26 Å². The molecular formula is C15H13N3O2. The number of carbonyl (C=O) groups is 1. The number of aryl methyl sites for hydroxylation is 1. The number of aromatic nitrogens is 1. The number of ether oxygens (including phenoxy) is 1. The van der Waals surface area contributed by atoms with Crippen LogP contribution in [0.5, 0.6) is 5.75 Å². The van der Waals surface area contributed by atoms with Crippen molar-refractivity contribution in [1.82, 2.24) is 4.98 Å². The zero-order valence-electron chi connectivity index (χ0n) is 11.0.